The molecule has 0 atom stereocenters. The van der Waals surface area contributed by atoms with Crippen molar-refractivity contribution in [3.05, 3.63) is 24.3 Å². The van der Waals surface area contributed by atoms with Crippen LogP contribution in [0.15, 0.2) is 24.3 Å². The van der Waals surface area contributed by atoms with E-state index in [2.05, 4.69) is 16.8 Å². The summed E-state index contributed by atoms with van der Waals surface area (Å²) in [5, 5.41) is 7.90. The van der Waals surface area contributed by atoms with Gasteiger partial charge in [0.05, 0.1) is 0 Å². The van der Waals surface area contributed by atoms with Crippen LogP contribution in [0.2, 0.25) is 0 Å². The van der Waals surface area contributed by atoms with Crippen LogP contribution in [0.4, 0.5) is 0 Å². The van der Waals surface area contributed by atoms with E-state index in [1.165, 1.54) is 0 Å². The zero-order valence-corrected chi connectivity index (χ0v) is 6.51. The zero-order chi connectivity index (χ0) is 8.39. The van der Waals surface area contributed by atoms with Gasteiger partial charge in [-0.2, -0.15) is 0 Å². The maximum atomic E-state index is 3.97. The summed E-state index contributed by atoms with van der Waals surface area (Å²) < 4.78 is 1.70. The second-order valence-corrected chi connectivity index (χ2v) is 2.41. The molecule has 0 aliphatic rings. The van der Waals surface area contributed by atoms with Crippen LogP contribution in [-0.4, -0.2) is 35.5 Å². The van der Waals surface area contributed by atoms with E-state index in [9.17, 15) is 0 Å². The van der Waals surface area contributed by atoms with E-state index in [0.29, 0.717) is 0 Å². The van der Waals surface area contributed by atoms with Crippen LogP contribution in [0.3, 0.4) is 0 Å². The number of aromatic nitrogens is 3. The van der Waals surface area contributed by atoms with Gasteiger partial charge in [-0.05, 0) is 0 Å². The van der Waals surface area contributed by atoms with Gasteiger partial charge in [0, 0.05) is 0 Å². The Labute approximate surface area is 71.5 Å². The first-order valence-electron chi connectivity index (χ1n) is 3.67. The Balaban J connectivity index is 2.62. The summed E-state index contributed by atoms with van der Waals surface area (Å²) in [6.07, 6.45) is 0. The van der Waals surface area contributed by atoms with Crippen molar-refractivity contribution in [1.82, 2.24) is 14.9 Å². The number of hydrogen-bond acceptors (Lipinski definition) is 2. The molecule has 0 fully saturated rings. The molecule has 0 amide bonds. The van der Waals surface area contributed by atoms with Crippen molar-refractivity contribution in [2.75, 3.05) is 0 Å². The van der Waals surface area contributed by atoms with E-state index >= 15 is 0 Å². The van der Waals surface area contributed by atoms with Crippen molar-refractivity contribution in [2.45, 2.75) is 0 Å². The normalized spacial score (nSPS) is 9.67. The molecule has 1 aromatic carbocycles. The van der Waals surface area contributed by atoms with Crippen molar-refractivity contribution in [2.24, 2.45) is 0 Å². The van der Waals surface area contributed by atoms with Crippen LogP contribution < -0.4 is 0 Å². The molecule has 0 N–H and O–H groups in total. The summed E-state index contributed by atoms with van der Waals surface area (Å²) in [6, 6.07) is 7.79. The van der Waals surface area contributed by atoms with Crippen molar-refractivity contribution in [1.29, 1.82) is 0 Å². The molecule has 0 aliphatic carbocycles. The molecule has 0 aliphatic heterocycles. The monoisotopic (exact) mass is 154 g/mol. The third-order valence-corrected chi connectivity index (χ3v) is 1.62. The van der Waals surface area contributed by atoms with Gasteiger partial charge in [-0.1, -0.05) is 0 Å². The van der Waals surface area contributed by atoms with Crippen LogP contribution in [-0.2, 0) is 0 Å². The average molecular weight is 154 g/mol. The second-order valence-electron chi connectivity index (χ2n) is 2.41. The zero-order valence-electron chi connectivity index (χ0n) is 6.51. The summed E-state index contributed by atoms with van der Waals surface area (Å²) in [7, 11) is 1.77. The number of benzene rings is 1. The number of fused-ring (bicyclic) bond motifs is 1. The van der Waals surface area contributed by atoms with Gasteiger partial charge in [-0.25, -0.2) is 0 Å². The Bertz CT molecular complexity index is 410. The molecule has 0 unspecified atom stereocenters. The predicted molar refractivity (Wildman–Crippen MR) is 51.6 cm³/mol. The summed E-state index contributed by atoms with van der Waals surface area (Å²) in [6.45, 7) is 5.28. The molecule has 55 valence electrons. The van der Waals surface area contributed by atoms with Gasteiger partial charge >= 0.3 is 70.8 Å². The number of hydrogen-bond donors (Lipinski definition) is 0. The molecule has 2 rings (SSSR count). The first-order valence-corrected chi connectivity index (χ1v) is 3.67. The van der Waals surface area contributed by atoms with Gasteiger partial charge in [0.15, 0.2) is 0 Å². The predicted octanol–water partition coefficient (Wildman–Crippen LogP) is -0.0502. The molecule has 3 nitrogen and oxygen atoms in total. The van der Waals surface area contributed by atoms with Crippen LogP contribution in [0.25, 0.3) is 11.0 Å². The summed E-state index contributed by atoms with van der Waals surface area (Å²) in [4.78, 5) is 0. The van der Waals surface area contributed by atoms with Gasteiger partial charge < -0.3 is 0 Å². The second kappa shape index (κ2) is 2.93. The molecule has 12 heavy (non-hydrogen) atoms. The van der Waals surface area contributed by atoms with Crippen molar-refractivity contribution in [3.8, 4) is 0 Å². The minimum atomic E-state index is 0.899. The fourth-order valence-corrected chi connectivity index (χ4v) is 1.10. The first-order chi connectivity index (χ1) is 5.92. The van der Waals surface area contributed by atoms with E-state index < -0.39 is 0 Å². The minimum absolute atomic E-state index is 0.899. The van der Waals surface area contributed by atoms with Crippen LogP contribution in [0.5, 0.6) is 0 Å². The maximum absolute atomic E-state index is 3.97. The quantitative estimate of drug-likeness (QED) is 0.567. The number of nitrogens with zero attached hydrogens (tertiary/aromatic N) is 3. The Kier molecular flexibility index (Phi) is 1.78. The molecule has 0 saturated carbocycles. The first kappa shape index (κ1) is 7.28. The fourth-order valence-electron chi connectivity index (χ4n) is 1.10. The standard InChI is InChI=1S/C7H6B2N3/c1-8-9-12-7-5-3-2-4-6(7)10-11-12/h2-5H,1H2. The Morgan fingerprint density at radius 1 is 1.33 bits per heavy atom. The molecule has 1 heterocycles. The average Bonchev–Trinajstić information content (AvgIpc) is 2.50. The van der Waals surface area contributed by atoms with Crippen LogP contribution in [0, 0.1) is 0 Å². The molecule has 2 aromatic rings. The molecule has 0 bridgehead atoms. The third kappa shape index (κ3) is 1.07. The molecule has 0 spiro atoms. The number of rotatable bonds is 2. The third-order valence-electron chi connectivity index (χ3n) is 1.62. The molecule has 1 radical (unpaired) electrons. The van der Waals surface area contributed by atoms with E-state index in [0.717, 1.165) is 11.0 Å². The van der Waals surface area contributed by atoms with Crippen molar-refractivity contribution >= 4 is 31.6 Å². The fraction of sp³-hybridized carbons (Fsp3) is 0. The Hall–Kier alpha value is -1.38. The SMILES string of the molecule is C=B[B]n1nnc2ccccc21. The molecule has 0 saturated heterocycles. The summed E-state index contributed by atoms with van der Waals surface area (Å²) in [5.41, 5.74) is 1.90. The number of para-hydroxylation sites is 1. The van der Waals surface area contributed by atoms with Gasteiger partial charge in [0.2, 0.25) is 0 Å². The van der Waals surface area contributed by atoms with Crippen LogP contribution in [0.1, 0.15) is 0 Å². The molecule has 5 heteroatoms. The van der Waals surface area contributed by atoms with Gasteiger partial charge in [-0.15, -0.1) is 0 Å². The summed E-state index contributed by atoms with van der Waals surface area (Å²) >= 11 is 0. The van der Waals surface area contributed by atoms with Gasteiger partial charge in [0.1, 0.15) is 0 Å². The van der Waals surface area contributed by atoms with Crippen molar-refractivity contribution in [3.63, 3.8) is 0 Å². The van der Waals surface area contributed by atoms with E-state index in [1.54, 1.807) is 18.7 Å². The van der Waals surface area contributed by atoms with E-state index in [-0.39, 0.29) is 0 Å². The van der Waals surface area contributed by atoms with Crippen molar-refractivity contribution < 1.29 is 0 Å². The summed E-state index contributed by atoms with van der Waals surface area (Å²) in [5.74, 6) is 0. The Morgan fingerprint density at radius 3 is 3.00 bits per heavy atom. The van der Waals surface area contributed by atoms with Crippen LogP contribution >= 0.6 is 0 Å². The molecular formula is C7H6B2N3. The van der Waals surface area contributed by atoms with E-state index in [1.807, 2.05) is 24.3 Å². The molecular weight excluding hydrogens is 148 g/mol. The Morgan fingerprint density at radius 2 is 2.17 bits per heavy atom. The molecule has 1 aromatic heterocycles. The van der Waals surface area contributed by atoms with Gasteiger partial charge in [0.25, 0.3) is 0 Å². The van der Waals surface area contributed by atoms with Gasteiger partial charge in [-0.3, -0.25) is 0 Å². The van der Waals surface area contributed by atoms with E-state index in [4.69, 9.17) is 0 Å². The topological polar surface area (TPSA) is 30.7 Å².